The van der Waals surface area contributed by atoms with E-state index in [2.05, 4.69) is 51.7 Å². The molecule has 1 atom stereocenters. The maximum absolute atomic E-state index is 12.3. The number of hydrogen-bond acceptors (Lipinski definition) is 13. The molecule has 0 aliphatic carbocycles. The van der Waals surface area contributed by atoms with Crippen molar-refractivity contribution in [2.24, 2.45) is 5.92 Å². The number of rotatable bonds is 9. The van der Waals surface area contributed by atoms with E-state index in [1.54, 1.807) is 29.2 Å². The van der Waals surface area contributed by atoms with Gasteiger partial charge in [0.05, 0.1) is 45.8 Å². The van der Waals surface area contributed by atoms with Crippen molar-refractivity contribution in [2.45, 2.75) is 38.5 Å². The van der Waals surface area contributed by atoms with E-state index in [-0.39, 0.29) is 17.7 Å². The van der Waals surface area contributed by atoms with Gasteiger partial charge in [-0.1, -0.05) is 11.2 Å². The Morgan fingerprint density at radius 1 is 0.942 bits per heavy atom. The SMILES string of the molecule is CCNc1cc(-c2ccc3cc(C#N)cnn23)ncc1-c1nnc(N2CCN(CC3CCN(c4ccc([C@H]5CCC(=O)NC5=O)cn4)CC3)CC2)o1. The van der Waals surface area contributed by atoms with E-state index >= 15 is 0 Å². The molecule has 2 amide bonds. The monoisotopic (exact) mass is 700 g/mol. The van der Waals surface area contributed by atoms with E-state index in [1.807, 2.05) is 37.3 Å². The number of pyridine rings is 2. The van der Waals surface area contributed by atoms with Crippen molar-refractivity contribution in [3.8, 4) is 28.9 Å². The summed E-state index contributed by atoms with van der Waals surface area (Å²) in [7, 11) is 0. The summed E-state index contributed by atoms with van der Waals surface area (Å²) in [6, 6.07) is 14.3. The molecule has 3 saturated heterocycles. The minimum Gasteiger partial charge on any atom is -0.403 e. The van der Waals surface area contributed by atoms with Crippen LogP contribution < -0.4 is 20.4 Å². The van der Waals surface area contributed by atoms with Crippen LogP contribution in [0.1, 0.15) is 49.7 Å². The van der Waals surface area contributed by atoms with Gasteiger partial charge >= 0.3 is 6.01 Å². The number of piperidine rings is 2. The first kappa shape index (κ1) is 33.3. The number of aromatic nitrogens is 6. The Kier molecular flexibility index (Phi) is 9.21. The highest BCUT2D eigenvalue weighted by molar-refractivity contribution is 6.00. The summed E-state index contributed by atoms with van der Waals surface area (Å²) < 4.78 is 8.00. The fourth-order valence-electron chi connectivity index (χ4n) is 7.44. The Hall–Kier alpha value is -5.88. The molecule has 0 spiro atoms. The van der Waals surface area contributed by atoms with Crippen LogP contribution in [-0.2, 0) is 9.59 Å². The molecule has 2 N–H and O–H groups in total. The number of nitriles is 1. The maximum Gasteiger partial charge on any atom is 0.318 e. The molecule has 3 fully saturated rings. The molecule has 8 rings (SSSR count). The molecule has 3 aliphatic rings. The van der Waals surface area contributed by atoms with Gasteiger partial charge in [-0.2, -0.15) is 10.4 Å². The molecule has 0 radical (unpaired) electrons. The van der Waals surface area contributed by atoms with E-state index in [0.29, 0.717) is 42.8 Å². The van der Waals surface area contributed by atoms with E-state index in [4.69, 9.17) is 9.40 Å². The van der Waals surface area contributed by atoms with Crippen molar-refractivity contribution in [2.75, 3.05) is 67.5 Å². The van der Waals surface area contributed by atoms with Gasteiger partial charge in [0.1, 0.15) is 11.9 Å². The maximum atomic E-state index is 12.3. The molecule has 0 bridgehead atoms. The zero-order valence-corrected chi connectivity index (χ0v) is 29.0. The number of carbonyl (C=O) groups excluding carboxylic acids is 2. The summed E-state index contributed by atoms with van der Waals surface area (Å²) in [5.41, 5.74) is 5.31. The zero-order chi connectivity index (χ0) is 35.6. The Morgan fingerprint density at radius 2 is 1.79 bits per heavy atom. The van der Waals surface area contributed by atoms with Gasteiger partial charge in [-0.05, 0) is 68.0 Å². The van der Waals surface area contributed by atoms with E-state index < -0.39 is 0 Å². The Balaban J connectivity index is 0.843. The number of hydrogen-bond donors (Lipinski definition) is 2. The lowest BCUT2D eigenvalue weighted by molar-refractivity contribution is -0.134. The number of piperazine rings is 1. The summed E-state index contributed by atoms with van der Waals surface area (Å²) in [6.45, 7) is 9.17. The van der Waals surface area contributed by atoms with Gasteiger partial charge in [-0.15, -0.1) is 5.10 Å². The Bertz CT molecular complexity index is 2120. The highest BCUT2D eigenvalue weighted by Gasteiger charge is 2.30. The predicted molar refractivity (Wildman–Crippen MR) is 194 cm³/mol. The molecule has 3 aliphatic heterocycles. The molecule has 15 heteroatoms. The molecule has 0 saturated carbocycles. The van der Waals surface area contributed by atoms with Crippen molar-refractivity contribution in [1.29, 1.82) is 5.26 Å². The highest BCUT2D eigenvalue weighted by atomic mass is 16.4. The summed E-state index contributed by atoms with van der Waals surface area (Å²) in [4.78, 5) is 40.2. The Labute approximate surface area is 300 Å². The second-order valence-corrected chi connectivity index (χ2v) is 13.6. The predicted octanol–water partition coefficient (Wildman–Crippen LogP) is 3.70. The standard InChI is InChI=1S/C37H40N12O3/c1-2-39-30-18-31(32-6-4-27-17-25(19-38)20-42-49(27)32)40-22-29(30)36-44-45-37(52-36)48-15-13-46(14-16-48)23-24-9-11-47(12-10-24)33-7-3-26(21-41-33)28-5-8-34(50)43-35(28)51/h3-4,6-7,17-18,20-22,24,28H,2,5,8-16,23H2,1H3,(H,39,40)(H,43,50,51)/t28-/m1/s1. The summed E-state index contributed by atoms with van der Waals surface area (Å²) in [5.74, 6) is 1.23. The van der Waals surface area contributed by atoms with Crippen LogP contribution in [0.5, 0.6) is 0 Å². The van der Waals surface area contributed by atoms with Gasteiger partial charge in [0.15, 0.2) is 0 Å². The van der Waals surface area contributed by atoms with Gasteiger partial charge in [-0.25, -0.2) is 9.50 Å². The minimum absolute atomic E-state index is 0.202. The number of nitrogens with one attached hydrogen (secondary N) is 2. The van der Waals surface area contributed by atoms with Crippen LogP contribution >= 0.6 is 0 Å². The third-order valence-electron chi connectivity index (χ3n) is 10.3. The summed E-state index contributed by atoms with van der Waals surface area (Å²) >= 11 is 0. The number of nitrogens with zero attached hydrogens (tertiary/aromatic N) is 10. The van der Waals surface area contributed by atoms with E-state index in [9.17, 15) is 14.9 Å². The lowest BCUT2D eigenvalue weighted by atomic mass is 9.91. The fraction of sp³-hybridized carbons (Fsp3) is 0.405. The topological polar surface area (TPSA) is 174 Å². The number of carbonyl (C=O) groups is 2. The van der Waals surface area contributed by atoms with Crippen LogP contribution in [0.3, 0.4) is 0 Å². The zero-order valence-electron chi connectivity index (χ0n) is 29.0. The van der Waals surface area contributed by atoms with Crippen LogP contribution in [0.15, 0.2) is 59.4 Å². The first-order valence-electron chi connectivity index (χ1n) is 17.9. The number of amides is 2. The van der Waals surface area contributed by atoms with E-state index in [0.717, 1.165) is 98.2 Å². The van der Waals surface area contributed by atoms with E-state index in [1.165, 1.54) is 0 Å². The van der Waals surface area contributed by atoms with Gasteiger partial charge in [0, 0.05) is 71.2 Å². The molecule has 15 nitrogen and oxygen atoms in total. The average Bonchev–Trinajstić information content (AvgIpc) is 3.84. The third kappa shape index (κ3) is 6.76. The van der Waals surface area contributed by atoms with Crippen molar-refractivity contribution >= 4 is 34.9 Å². The molecular weight excluding hydrogens is 660 g/mol. The average molecular weight is 701 g/mol. The molecule has 52 heavy (non-hydrogen) atoms. The fourth-order valence-corrected chi connectivity index (χ4v) is 7.44. The molecule has 0 unspecified atom stereocenters. The van der Waals surface area contributed by atoms with Crippen molar-refractivity contribution in [1.82, 2.24) is 40.0 Å². The number of anilines is 3. The molecule has 266 valence electrons. The first-order chi connectivity index (χ1) is 25.4. The largest absolute Gasteiger partial charge is 0.403 e. The molecular formula is C37H40N12O3. The Morgan fingerprint density at radius 3 is 2.54 bits per heavy atom. The minimum atomic E-state index is -0.309. The number of fused-ring (bicyclic) bond motifs is 1. The summed E-state index contributed by atoms with van der Waals surface area (Å²) in [6.07, 6.45) is 8.19. The van der Waals surface area contributed by atoms with Crippen LogP contribution in [-0.4, -0.2) is 98.9 Å². The molecule has 5 aromatic rings. The second-order valence-electron chi connectivity index (χ2n) is 13.6. The molecule has 8 heterocycles. The lowest BCUT2D eigenvalue weighted by Crippen LogP contribution is -2.49. The first-order valence-corrected chi connectivity index (χ1v) is 17.9. The van der Waals surface area contributed by atoms with Crippen LogP contribution in [0, 0.1) is 17.2 Å². The highest BCUT2D eigenvalue weighted by Crippen LogP contribution is 2.33. The lowest BCUT2D eigenvalue weighted by Gasteiger charge is -2.38. The molecule has 5 aromatic heterocycles. The number of imide groups is 1. The molecule has 0 aromatic carbocycles. The van der Waals surface area contributed by atoms with Crippen molar-refractivity contribution in [3.63, 3.8) is 0 Å². The van der Waals surface area contributed by atoms with Gasteiger partial charge in [0.25, 0.3) is 5.89 Å². The van der Waals surface area contributed by atoms with Crippen LogP contribution in [0.25, 0.3) is 28.4 Å². The van der Waals surface area contributed by atoms with Crippen LogP contribution in [0.2, 0.25) is 0 Å². The quantitative estimate of drug-likeness (QED) is 0.213. The second kappa shape index (κ2) is 14.4. The van der Waals surface area contributed by atoms with Crippen LogP contribution in [0.4, 0.5) is 17.5 Å². The third-order valence-corrected chi connectivity index (χ3v) is 10.3. The van der Waals surface area contributed by atoms with Gasteiger partial charge in [0.2, 0.25) is 11.8 Å². The van der Waals surface area contributed by atoms with Crippen molar-refractivity contribution < 1.29 is 14.0 Å². The van der Waals surface area contributed by atoms with Gasteiger partial charge < -0.3 is 19.5 Å². The van der Waals surface area contributed by atoms with Gasteiger partial charge in [-0.3, -0.25) is 24.8 Å². The van der Waals surface area contributed by atoms with Crippen molar-refractivity contribution in [3.05, 3.63) is 66.1 Å². The normalized spacial score (nSPS) is 18.8. The smallest absolute Gasteiger partial charge is 0.318 e. The summed E-state index contributed by atoms with van der Waals surface area (Å²) in [5, 5.41) is 28.3.